The molecule has 43 heavy (non-hydrogen) atoms. The number of amides is 2. The van der Waals surface area contributed by atoms with Gasteiger partial charge in [0.1, 0.15) is 0 Å². The number of nitrogens with zero attached hydrogens (tertiary/aromatic N) is 1. The molecular formula is C34H56N3O5P. The summed E-state index contributed by atoms with van der Waals surface area (Å²) in [5.74, 6) is -1.11. The quantitative estimate of drug-likeness (QED) is 0.356. The second kappa shape index (κ2) is 17.8. The molecule has 4 aliphatic carbocycles. The van der Waals surface area contributed by atoms with Gasteiger partial charge in [0.2, 0.25) is 0 Å². The van der Waals surface area contributed by atoms with Gasteiger partial charge in [0.25, 0.3) is 11.8 Å². The van der Waals surface area contributed by atoms with E-state index in [-0.39, 0.29) is 11.1 Å². The van der Waals surface area contributed by atoms with Crippen LogP contribution in [0.3, 0.4) is 0 Å². The lowest BCUT2D eigenvalue weighted by atomic mass is 9.91. The molecule has 0 radical (unpaired) electrons. The zero-order valence-corrected chi connectivity index (χ0v) is 27.2. The third-order valence-corrected chi connectivity index (χ3v) is 10.9. The Bertz CT molecular complexity index is 937. The van der Waals surface area contributed by atoms with Crippen LogP contribution in [0.15, 0.2) is 24.3 Å². The van der Waals surface area contributed by atoms with E-state index < -0.39 is 32.1 Å². The minimum Gasteiger partial charge on any atom is -0.811 e. The maximum absolute atomic E-state index is 11.7. The van der Waals surface area contributed by atoms with E-state index in [2.05, 4.69) is 10.6 Å². The van der Waals surface area contributed by atoms with Crippen molar-refractivity contribution in [2.45, 2.75) is 153 Å². The summed E-state index contributed by atoms with van der Waals surface area (Å²) < 4.78 is 10.5. The second-order valence-corrected chi connectivity index (χ2v) is 15.3. The van der Waals surface area contributed by atoms with E-state index in [1.165, 1.54) is 141 Å². The molecule has 6 rings (SSSR count). The Kier molecular flexibility index (Phi) is 14.2. The highest BCUT2D eigenvalue weighted by atomic mass is 31.2. The summed E-state index contributed by atoms with van der Waals surface area (Å²) in [6.07, 6.45) is 29.2. The largest absolute Gasteiger partial charge is 0.811 e. The lowest BCUT2D eigenvalue weighted by Gasteiger charge is -2.30. The minimum absolute atomic E-state index is 0.240. The molecule has 0 spiro atoms. The summed E-state index contributed by atoms with van der Waals surface area (Å²) in [4.78, 5) is 45.2. The highest BCUT2D eigenvalue weighted by Crippen LogP contribution is 2.27. The molecule has 2 amide bonds. The maximum Gasteiger partial charge on any atom is 0.261 e. The zero-order chi connectivity index (χ0) is 30.5. The molecule has 1 aliphatic heterocycles. The standard InChI is InChI=1S/2C12H23N.C10H10NO5P/c2*1-3-7-11(8-4-1)13-12-9-5-2-6-10-12;12-9-7-3-1-2-4-8(7)10(13)11(9)5-6-17(14,15)16/h2*11-13H,1-10H2;1-4H,5-6H2,(H2,14,15,16). The smallest absolute Gasteiger partial charge is 0.261 e. The van der Waals surface area contributed by atoms with Gasteiger partial charge in [-0.15, -0.1) is 0 Å². The van der Waals surface area contributed by atoms with Gasteiger partial charge in [-0.1, -0.05) is 45.4 Å². The van der Waals surface area contributed by atoms with Gasteiger partial charge >= 0.3 is 0 Å². The number of rotatable bonds is 7. The topological polar surface area (TPSA) is 134 Å². The first-order chi connectivity index (χ1) is 20.8. The molecule has 4 fully saturated rings. The van der Waals surface area contributed by atoms with Crippen LogP contribution in [0.25, 0.3) is 0 Å². The molecule has 0 aromatic heterocycles. The molecule has 1 aromatic carbocycles. The van der Waals surface area contributed by atoms with E-state index in [1.54, 1.807) is 12.1 Å². The van der Waals surface area contributed by atoms with E-state index in [0.29, 0.717) is 0 Å². The Hall–Kier alpha value is -1.57. The summed E-state index contributed by atoms with van der Waals surface area (Å²) in [7, 11) is -4.71. The van der Waals surface area contributed by atoms with E-state index in [4.69, 9.17) is 0 Å². The number of benzene rings is 1. The van der Waals surface area contributed by atoms with Crippen LogP contribution in [0.5, 0.6) is 0 Å². The predicted octanol–water partition coefficient (Wildman–Crippen LogP) is 3.63. The third kappa shape index (κ3) is 11.7. The number of carbonyl (C=O) groups excluding carboxylic acids is 2. The van der Waals surface area contributed by atoms with Gasteiger partial charge in [-0.25, -0.2) is 0 Å². The molecule has 9 heteroatoms. The summed E-state index contributed by atoms with van der Waals surface area (Å²) in [5, 5.41) is 5.44. The fraction of sp³-hybridized carbons (Fsp3) is 0.765. The zero-order valence-electron chi connectivity index (χ0n) is 26.3. The van der Waals surface area contributed by atoms with Crippen molar-refractivity contribution in [1.82, 2.24) is 4.90 Å². The number of hydrogen-bond donors (Lipinski definition) is 2. The average molecular weight is 618 g/mol. The molecular weight excluding hydrogens is 561 g/mol. The van der Waals surface area contributed by atoms with Gasteiger partial charge in [0, 0.05) is 6.54 Å². The van der Waals surface area contributed by atoms with Crippen LogP contribution < -0.4 is 20.4 Å². The van der Waals surface area contributed by atoms with Crippen molar-refractivity contribution in [2.24, 2.45) is 0 Å². The average Bonchev–Trinajstić information content (AvgIpc) is 3.27. The Balaban J connectivity index is 0.000000150. The number of carbonyl (C=O) groups is 2. The van der Waals surface area contributed by atoms with Gasteiger partial charge in [-0.05, 0) is 121 Å². The van der Waals surface area contributed by atoms with E-state index in [9.17, 15) is 23.9 Å². The summed E-state index contributed by atoms with van der Waals surface area (Å²) in [6, 6.07) is 10.2. The van der Waals surface area contributed by atoms with Crippen molar-refractivity contribution in [1.29, 1.82) is 0 Å². The molecule has 1 aromatic rings. The molecule has 8 nitrogen and oxygen atoms in total. The van der Waals surface area contributed by atoms with Crippen molar-refractivity contribution >= 4 is 19.4 Å². The first-order valence-corrected chi connectivity index (χ1v) is 19.2. The Morgan fingerprint density at radius 3 is 1.16 bits per heavy atom. The van der Waals surface area contributed by atoms with Gasteiger partial charge in [-0.3, -0.25) is 14.5 Å². The number of imide groups is 1. The molecule has 1 heterocycles. The minimum atomic E-state index is -4.71. The first kappa shape index (κ1) is 34.3. The monoisotopic (exact) mass is 617 g/mol. The third-order valence-electron chi connectivity index (χ3n) is 10.2. The highest BCUT2D eigenvalue weighted by Gasteiger charge is 2.34. The van der Waals surface area contributed by atoms with Crippen LogP contribution in [0, 0.1) is 0 Å². The fourth-order valence-electron chi connectivity index (χ4n) is 7.74. The summed E-state index contributed by atoms with van der Waals surface area (Å²) >= 11 is 0. The number of nitrogens with two attached hydrogens (primary N) is 2. The van der Waals surface area contributed by atoms with Crippen LogP contribution in [-0.2, 0) is 4.57 Å². The van der Waals surface area contributed by atoms with Crippen molar-refractivity contribution in [3.05, 3.63) is 35.4 Å². The summed E-state index contributed by atoms with van der Waals surface area (Å²) in [6.45, 7) is -0.392. The van der Waals surface area contributed by atoms with Crippen LogP contribution >= 0.6 is 7.60 Å². The van der Waals surface area contributed by atoms with Gasteiger partial charge in [0.15, 0.2) is 0 Å². The highest BCUT2D eigenvalue weighted by molar-refractivity contribution is 7.48. The van der Waals surface area contributed by atoms with E-state index >= 15 is 0 Å². The van der Waals surface area contributed by atoms with Crippen LogP contribution in [0.2, 0.25) is 0 Å². The maximum atomic E-state index is 11.7. The second-order valence-electron chi connectivity index (χ2n) is 13.6. The molecule has 0 saturated heterocycles. The molecule has 4 saturated carbocycles. The fourth-order valence-corrected chi connectivity index (χ4v) is 8.19. The predicted molar refractivity (Wildman–Crippen MR) is 166 cm³/mol. The molecule has 0 atom stereocenters. The van der Waals surface area contributed by atoms with Gasteiger partial charge in [-0.2, -0.15) is 0 Å². The van der Waals surface area contributed by atoms with E-state index in [1.807, 2.05) is 0 Å². The molecule has 242 valence electrons. The van der Waals surface area contributed by atoms with Gasteiger partial charge < -0.3 is 25.0 Å². The Morgan fingerprint density at radius 1 is 0.581 bits per heavy atom. The van der Waals surface area contributed by atoms with Crippen molar-refractivity contribution in [3.63, 3.8) is 0 Å². The van der Waals surface area contributed by atoms with Crippen LogP contribution in [-0.4, -0.2) is 53.6 Å². The van der Waals surface area contributed by atoms with Crippen molar-refractivity contribution in [3.8, 4) is 0 Å². The van der Waals surface area contributed by atoms with Crippen LogP contribution in [0.1, 0.15) is 149 Å². The number of hydrogen-bond acceptors (Lipinski definition) is 5. The number of fused-ring (bicyclic) bond motifs is 1. The molecule has 0 bridgehead atoms. The van der Waals surface area contributed by atoms with Crippen LogP contribution in [0.4, 0.5) is 0 Å². The first-order valence-electron chi connectivity index (χ1n) is 17.5. The molecule has 5 aliphatic rings. The Labute approximate surface area is 259 Å². The summed E-state index contributed by atoms with van der Waals surface area (Å²) in [5.41, 5.74) is 0.480. The number of quaternary nitrogens is 2. The lowest BCUT2D eigenvalue weighted by molar-refractivity contribution is -0.726. The van der Waals surface area contributed by atoms with Crippen molar-refractivity contribution < 1.29 is 34.6 Å². The SMILES string of the molecule is C1CCC([NH2+]C2CCCCC2)CC1.C1CCC([NH2+]C2CCCCC2)CC1.O=C1c2ccccc2C(=O)N1CCP(=O)([O-])[O-]. The van der Waals surface area contributed by atoms with E-state index in [0.717, 1.165) is 29.1 Å². The molecule has 4 N–H and O–H groups in total. The Morgan fingerprint density at radius 2 is 0.884 bits per heavy atom. The molecule has 0 unspecified atom stereocenters. The van der Waals surface area contributed by atoms with Crippen molar-refractivity contribution in [2.75, 3.05) is 12.7 Å². The lowest BCUT2D eigenvalue weighted by Crippen LogP contribution is -2.95. The normalized spacial score (nSPS) is 22.8. The van der Waals surface area contributed by atoms with Gasteiger partial charge in [0.05, 0.1) is 35.3 Å².